The lowest BCUT2D eigenvalue weighted by atomic mass is 9.98. The van der Waals surface area contributed by atoms with Crippen molar-refractivity contribution in [3.8, 4) is 0 Å². The molecule has 3 N–H and O–H groups in total. The zero-order valence-electron chi connectivity index (χ0n) is 10.7. The molecule has 2 heterocycles. The van der Waals surface area contributed by atoms with E-state index in [-0.39, 0.29) is 22.5 Å². The van der Waals surface area contributed by atoms with Crippen LogP contribution in [-0.4, -0.2) is 40.3 Å². The normalized spacial score (nSPS) is 18.1. The number of nitrogens with two attached hydrogens (primary N) is 1. The van der Waals surface area contributed by atoms with E-state index in [9.17, 15) is 9.59 Å². The van der Waals surface area contributed by atoms with E-state index in [0.717, 1.165) is 0 Å². The average molecular weight is 283 g/mol. The number of pyridine rings is 1. The van der Waals surface area contributed by atoms with Gasteiger partial charge in [-0.05, 0) is 19.9 Å². The summed E-state index contributed by atoms with van der Waals surface area (Å²) in [4.78, 5) is 29.7. The van der Waals surface area contributed by atoms with Crippen LogP contribution in [0.2, 0.25) is 5.15 Å². The van der Waals surface area contributed by atoms with E-state index < -0.39 is 5.54 Å². The van der Waals surface area contributed by atoms with Crippen LogP contribution in [0.5, 0.6) is 0 Å². The van der Waals surface area contributed by atoms with Gasteiger partial charge in [0.25, 0.3) is 5.91 Å². The highest BCUT2D eigenvalue weighted by Gasteiger charge is 2.41. The number of hydrogen-bond acceptors (Lipinski definition) is 4. The Labute approximate surface area is 115 Å². The monoisotopic (exact) mass is 282 g/mol. The summed E-state index contributed by atoms with van der Waals surface area (Å²) in [5.41, 5.74) is 5.26. The summed E-state index contributed by atoms with van der Waals surface area (Å²) in [5.74, 6) is -0.537. The Morgan fingerprint density at radius 3 is 2.95 bits per heavy atom. The number of nitrogens with zero attached hydrogens (tertiary/aromatic N) is 2. The maximum Gasteiger partial charge on any atom is 0.258 e. The lowest BCUT2D eigenvalue weighted by Gasteiger charge is -2.41. The van der Waals surface area contributed by atoms with Gasteiger partial charge in [0.05, 0.1) is 17.4 Å². The molecular formula is C12H15ClN4O2. The molecule has 6 nitrogen and oxygen atoms in total. The molecule has 1 aliphatic heterocycles. The first-order valence-electron chi connectivity index (χ1n) is 5.85. The lowest BCUT2D eigenvalue weighted by molar-refractivity contribution is -0.133. The van der Waals surface area contributed by atoms with Crippen LogP contribution in [-0.2, 0) is 4.79 Å². The molecule has 0 unspecified atom stereocenters. The van der Waals surface area contributed by atoms with Gasteiger partial charge in [0.1, 0.15) is 10.7 Å². The number of anilines is 1. The van der Waals surface area contributed by atoms with Gasteiger partial charge in [0, 0.05) is 13.1 Å². The van der Waals surface area contributed by atoms with Crippen LogP contribution in [0.15, 0.2) is 12.3 Å². The second-order valence-electron chi connectivity index (χ2n) is 4.88. The Hall–Kier alpha value is -1.82. The molecule has 7 heteroatoms. The van der Waals surface area contributed by atoms with Crippen molar-refractivity contribution < 1.29 is 9.59 Å². The molecule has 0 spiro atoms. The Balaban J connectivity index is 2.38. The molecule has 2 rings (SSSR count). The van der Waals surface area contributed by atoms with Crippen LogP contribution in [0, 0.1) is 0 Å². The van der Waals surface area contributed by atoms with Crippen molar-refractivity contribution in [1.82, 2.24) is 15.2 Å². The molecule has 0 atom stereocenters. The lowest BCUT2D eigenvalue weighted by Crippen LogP contribution is -2.63. The Kier molecular flexibility index (Phi) is 3.36. The first kappa shape index (κ1) is 13.6. The van der Waals surface area contributed by atoms with E-state index in [1.807, 2.05) is 0 Å². The zero-order chi connectivity index (χ0) is 14.2. The molecule has 1 fully saturated rings. The molecular weight excluding hydrogens is 268 g/mol. The summed E-state index contributed by atoms with van der Waals surface area (Å²) in [6.07, 6.45) is 1.38. The van der Waals surface area contributed by atoms with E-state index >= 15 is 0 Å². The van der Waals surface area contributed by atoms with E-state index in [0.29, 0.717) is 18.8 Å². The van der Waals surface area contributed by atoms with Gasteiger partial charge >= 0.3 is 0 Å². The fourth-order valence-electron chi connectivity index (χ4n) is 2.01. The van der Waals surface area contributed by atoms with Crippen LogP contribution in [0.25, 0.3) is 0 Å². The number of rotatable bonds is 1. The highest BCUT2D eigenvalue weighted by molar-refractivity contribution is 6.32. The molecule has 2 amide bonds. The SMILES string of the molecule is CC1(C)C(=O)NCCN1C(=O)c1cc(N)cnc1Cl. The number of aromatic nitrogens is 1. The number of piperazine rings is 1. The number of carbonyl (C=O) groups excluding carboxylic acids is 2. The van der Waals surface area contributed by atoms with Crippen molar-refractivity contribution in [1.29, 1.82) is 0 Å². The predicted molar refractivity (Wildman–Crippen MR) is 71.8 cm³/mol. The number of nitrogen functional groups attached to an aromatic ring is 1. The highest BCUT2D eigenvalue weighted by Crippen LogP contribution is 2.24. The Bertz CT molecular complexity index is 545. The van der Waals surface area contributed by atoms with Crippen molar-refractivity contribution in [2.24, 2.45) is 0 Å². The molecule has 1 aliphatic rings. The summed E-state index contributed by atoms with van der Waals surface area (Å²) < 4.78 is 0. The average Bonchev–Trinajstić information content (AvgIpc) is 2.35. The molecule has 1 aromatic heterocycles. The Morgan fingerprint density at radius 2 is 2.26 bits per heavy atom. The predicted octanol–water partition coefficient (Wildman–Crippen LogP) is 0.668. The van der Waals surface area contributed by atoms with Crippen molar-refractivity contribution >= 4 is 29.1 Å². The quantitative estimate of drug-likeness (QED) is 0.741. The van der Waals surface area contributed by atoms with Gasteiger partial charge in [0.15, 0.2) is 0 Å². The maximum absolute atomic E-state index is 12.5. The summed E-state index contributed by atoms with van der Waals surface area (Å²) in [6.45, 7) is 4.21. The molecule has 0 radical (unpaired) electrons. The minimum Gasteiger partial charge on any atom is -0.397 e. The second kappa shape index (κ2) is 4.70. The maximum atomic E-state index is 12.5. The van der Waals surface area contributed by atoms with E-state index in [1.54, 1.807) is 13.8 Å². The van der Waals surface area contributed by atoms with Crippen LogP contribution in [0.1, 0.15) is 24.2 Å². The van der Waals surface area contributed by atoms with Gasteiger partial charge in [-0.25, -0.2) is 4.98 Å². The first-order chi connectivity index (χ1) is 8.84. The summed E-state index contributed by atoms with van der Waals surface area (Å²) in [5, 5.41) is 2.81. The smallest absolute Gasteiger partial charge is 0.258 e. The molecule has 1 aromatic rings. The molecule has 0 bridgehead atoms. The van der Waals surface area contributed by atoms with Crippen LogP contribution in [0.3, 0.4) is 0 Å². The molecule has 19 heavy (non-hydrogen) atoms. The fourth-order valence-corrected chi connectivity index (χ4v) is 2.20. The standard InChI is InChI=1S/C12H15ClN4O2/c1-12(2)11(19)15-3-4-17(12)10(18)8-5-7(14)6-16-9(8)13/h5-6H,3-4,14H2,1-2H3,(H,15,19). The van der Waals surface area contributed by atoms with Crippen LogP contribution < -0.4 is 11.1 Å². The number of nitrogens with one attached hydrogen (secondary N) is 1. The van der Waals surface area contributed by atoms with Gasteiger partial charge < -0.3 is 16.0 Å². The molecule has 1 saturated heterocycles. The summed E-state index contributed by atoms with van der Waals surface area (Å²) in [7, 11) is 0. The van der Waals surface area contributed by atoms with Gasteiger partial charge in [-0.3, -0.25) is 9.59 Å². The molecule has 102 valence electrons. The number of carbonyl (C=O) groups is 2. The van der Waals surface area contributed by atoms with E-state index in [2.05, 4.69) is 10.3 Å². The third-order valence-corrected chi connectivity index (χ3v) is 3.49. The van der Waals surface area contributed by atoms with E-state index in [4.69, 9.17) is 17.3 Å². The largest absolute Gasteiger partial charge is 0.397 e. The zero-order valence-corrected chi connectivity index (χ0v) is 11.5. The van der Waals surface area contributed by atoms with Gasteiger partial charge in [-0.2, -0.15) is 0 Å². The second-order valence-corrected chi connectivity index (χ2v) is 5.24. The first-order valence-corrected chi connectivity index (χ1v) is 6.23. The summed E-state index contributed by atoms with van der Waals surface area (Å²) in [6, 6.07) is 1.47. The van der Waals surface area contributed by atoms with Crippen molar-refractivity contribution in [3.05, 3.63) is 23.0 Å². The molecule has 0 aromatic carbocycles. The molecule has 0 aliphatic carbocycles. The van der Waals surface area contributed by atoms with Gasteiger partial charge in [-0.15, -0.1) is 0 Å². The Morgan fingerprint density at radius 1 is 1.58 bits per heavy atom. The number of hydrogen-bond donors (Lipinski definition) is 2. The van der Waals surface area contributed by atoms with Crippen molar-refractivity contribution in [2.75, 3.05) is 18.8 Å². The van der Waals surface area contributed by atoms with Crippen molar-refractivity contribution in [3.63, 3.8) is 0 Å². The fraction of sp³-hybridized carbons (Fsp3) is 0.417. The third kappa shape index (κ3) is 2.35. The minimum absolute atomic E-state index is 0.0842. The minimum atomic E-state index is -0.927. The highest BCUT2D eigenvalue weighted by atomic mass is 35.5. The number of amides is 2. The number of halogens is 1. The van der Waals surface area contributed by atoms with Gasteiger partial charge in [0.2, 0.25) is 5.91 Å². The third-order valence-electron chi connectivity index (χ3n) is 3.19. The summed E-state index contributed by atoms with van der Waals surface area (Å²) >= 11 is 5.93. The van der Waals surface area contributed by atoms with Gasteiger partial charge in [-0.1, -0.05) is 11.6 Å². The molecule has 0 saturated carbocycles. The van der Waals surface area contributed by atoms with Crippen molar-refractivity contribution in [2.45, 2.75) is 19.4 Å². The van der Waals surface area contributed by atoms with E-state index in [1.165, 1.54) is 17.2 Å². The topological polar surface area (TPSA) is 88.3 Å². The van der Waals surface area contributed by atoms with Crippen LogP contribution >= 0.6 is 11.6 Å². The van der Waals surface area contributed by atoms with Crippen LogP contribution in [0.4, 0.5) is 5.69 Å².